The molecule has 1 radical (unpaired) electrons. The van der Waals surface area contributed by atoms with Crippen molar-refractivity contribution in [1.82, 2.24) is 0 Å². The molecule has 0 spiro atoms. The summed E-state index contributed by atoms with van der Waals surface area (Å²) in [7, 11) is 0. The third-order valence-corrected chi connectivity index (χ3v) is 2.25. The van der Waals surface area contributed by atoms with Crippen LogP contribution in [0.2, 0.25) is 0 Å². The Balaban J connectivity index is -0.0000000286. The molecule has 9 nitrogen and oxygen atoms in total. The van der Waals surface area contributed by atoms with Crippen LogP contribution in [0.3, 0.4) is 0 Å². The van der Waals surface area contributed by atoms with E-state index >= 15 is 0 Å². The fraction of sp³-hybridized carbons (Fsp3) is 0.250. The molecule has 1 amide bonds. The van der Waals surface area contributed by atoms with Gasteiger partial charge in [-0.15, -0.1) is 0 Å². The molecule has 1 saturated carbocycles. The summed E-state index contributed by atoms with van der Waals surface area (Å²) >= 11 is 0. The topological polar surface area (TPSA) is 169 Å². The van der Waals surface area contributed by atoms with Gasteiger partial charge < -0.3 is 16.0 Å². The minimum absolute atomic E-state index is 0. The summed E-state index contributed by atoms with van der Waals surface area (Å²) in [5.74, 6) is 0. The van der Waals surface area contributed by atoms with Gasteiger partial charge in [0.05, 0.1) is 0 Å². The minimum atomic E-state index is 0. The van der Waals surface area contributed by atoms with E-state index in [1.54, 1.807) is 12.1 Å². The van der Waals surface area contributed by atoms with E-state index < -0.39 is 0 Å². The molecule has 31 heavy (non-hydrogen) atoms. The van der Waals surface area contributed by atoms with Crippen LogP contribution in [0, 0.1) is 46.6 Å². The van der Waals surface area contributed by atoms with Gasteiger partial charge in [-0.1, -0.05) is 62.4 Å². The van der Waals surface area contributed by atoms with Crippen molar-refractivity contribution in [2.45, 2.75) is 32.1 Å². The number of rotatable bonds is 2. The van der Waals surface area contributed by atoms with Gasteiger partial charge in [-0.05, 0) is 0 Å². The molecule has 1 aromatic carbocycles. The van der Waals surface area contributed by atoms with E-state index in [1.807, 2.05) is 18.2 Å². The van der Waals surface area contributed by atoms with E-state index in [0.717, 1.165) is 5.56 Å². The molecule has 163 valence electrons. The van der Waals surface area contributed by atoms with Crippen molar-refractivity contribution in [2.75, 3.05) is 0 Å². The van der Waals surface area contributed by atoms with E-state index in [9.17, 15) is 4.79 Å². The maximum Gasteiger partial charge on any atom is 0 e. The van der Waals surface area contributed by atoms with Crippen LogP contribution in [0.5, 0.6) is 0 Å². The number of amides is 1. The fourth-order valence-electron chi connectivity index (χ4n) is 1.48. The average Bonchev–Trinajstić information content (AvgIpc) is 3.48. The molecule has 0 saturated heterocycles. The van der Waals surface area contributed by atoms with Crippen molar-refractivity contribution in [2.24, 2.45) is 4.99 Å². The maximum absolute atomic E-state index is 9.62. The van der Waals surface area contributed by atoms with Crippen LogP contribution >= 0.6 is 0 Å². The summed E-state index contributed by atoms with van der Waals surface area (Å²) in [4.78, 5) is 12.8. The van der Waals surface area contributed by atoms with Crippen LogP contribution < -0.4 is 0 Å². The van der Waals surface area contributed by atoms with Crippen molar-refractivity contribution in [3.8, 4) is 0 Å². The summed E-state index contributed by atoms with van der Waals surface area (Å²) in [6.07, 6.45) is 11.4. The van der Waals surface area contributed by atoms with Gasteiger partial charge in [0.15, 0.2) is 0 Å². The quantitative estimate of drug-likeness (QED) is 0.252. The summed E-state index contributed by atoms with van der Waals surface area (Å²) < 4.78 is 52.5. The van der Waals surface area contributed by atoms with E-state index in [-0.39, 0.29) is 41.5 Å². The van der Waals surface area contributed by atoms with Gasteiger partial charge in [0.25, 0.3) is 0 Å². The zero-order valence-electron chi connectivity index (χ0n) is 15.9. The zero-order valence-corrected chi connectivity index (χ0v) is 21.6. The van der Waals surface area contributed by atoms with Crippen molar-refractivity contribution in [3.05, 3.63) is 82.4 Å². The summed E-state index contributed by atoms with van der Waals surface area (Å²) in [6, 6.07) is 9.20. The van der Waals surface area contributed by atoms with E-state index in [0.29, 0.717) is 0 Å². The number of carbonyl (C=O) groups excluding carboxylic acids is 1. The molecule has 0 heterocycles. The Hall–Kier alpha value is -1.91. The molecule has 0 N–H and O–H groups in total. The number of benzene rings is 1. The van der Waals surface area contributed by atoms with Crippen LogP contribution in [0.25, 0.3) is 0 Å². The molecule has 1 aliphatic rings. The van der Waals surface area contributed by atoms with Crippen LogP contribution in [0.15, 0.2) is 35.3 Å². The Morgan fingerprint density at radius 3 is 1.10 bits per heavy atom. The van der Waals surface area contributed by atoms with Gasteiger partial charge in [-0.3, -0.25) is 0 Å². The zero-order chi connectivity index (χ0) is 24.8. The molecular formula is C20H15NO8ReW-2. The Labute approximate surface area is 210 Å². The molecule has 0 aromatic heterocycles. The Kier molecular flexibility index (Phi) is 190. The van der Waals surface area contributed by atoms with Crippen molar-refractivity contribution in [3.63, 3.8) is 0 Å². The molecule has 1 aliphatic carbocycles. The van der Waals surface area contributed by atoms with Gasteiger partial charge in [-0.25, -0.2) is 0 Å². The predicted molar refractivity (Wildman–Crippen MR) is 89.3 cm³/mol. The van der Waals surface area contributed by atoms with Crippen LogP contribution in [0.4, 0.5) is 0 Å². The van der Waals surface area contributed by atoms with E-state index in [4.69, 9.17) is 32.6 Å². The Bertz CT molecular complexity index is 508. The molecule has 11 heteroatoms. The third kappa shape index (κ3) is 84.0. The SMILES string of the molecule is C1CCCC1.O=[C-]N=[C-]c1ccccc1.[C-]#[O+].[C-]#[O+].[C-]#[O+].[C-]#[O+].[C-]#[O+].[C-]#[O+].[C-]#[O+].[Re].[W]. The van der Waals surface area contributed by atoms with Gasteiger partial charge in [0, 0.05) is 41.5 Å². The van der Waals surface area contributed by atoms with Gasteiger partial charge in [0.2, 0.25) is 0 Å². The average molecular weight is 767 g/mol. The first-order chi connectivity index (χ1) is 14.4. The predicted octanol–water partition coefficient (Wildman–Crippen LogP) is 2.73. The molecule has 1 aromatic rings. The van der Waals surface area contributed by atoms with Crippen molar-refractivity contribution < 1.29 is 78.8 Å². The second-order valence-corrected chi connectivity index (χ2v) is 3.45. The first-order valence-electron chi connectivity index (χ1n) is 6.74. The third-order valence-electron chi connectivity index (χ3n) is 2.25. The summed E-state index contributed by atoms with van der Waals surface area (Å²) in [6.45, 7) is 31.5. The summed E-state index contributed by atoms with van der Waals surface area (Å²) in [5.41, 5.74) is 0.783. The molecule has 0 unspecified atom stereocenters. The standard InChI is InChI=1S/C8H5NO.C5H10.7CO.Re.W/c10-7-9-6-8-4-2-1-3-5-8;1-2-4-5-3-1;7*1-2;;/h1-5H;1-5H2;;;;;;;;;/q-2;;;;;;;;;;. The first kappa shape index (κ1) is 56.9. The fourth-order valence-corrected chi connectivity index (χ4v) is 1.48. The van der Waals surface area contributed by atoms with Crippen LogP contribution in [-0.2, 0) is 78.8 Å². The van der Waals surface area contributed by atoms with E-state index in [1.165, 1.54) is 38.5 Å². The summed E-state index contributed by atoms with van der Waals surface area (Å²) in [5, 5.41) is 0. The second kappa shape index (κ2) is 104. The number of nitrogens with zero attached hydrogens (tertiary/aromatic N) is 1. The monoisotopic (exact) mass is 768 g/mol. The minimum Gasteiger partial charge on any atom is 0 e. The Morgan fingerprint density at radius 1 is 0.613 bits per heavy atom. The van der Waals surface area contributed by atoms with Crippen molar-refractivity contribution >= 4 is 12.6 Å². The molecule has 2 rings (SSSR count). The normalized spacial score (nSPS) is 7.55. The van der Waals surface area contributed by atoms with Gasteiger partial charge >= 0.3 is 79.1 Å². The number of hydrogen-bond donors (Lipinski definition) is 0. The molecular weight excluding hydrogens is 752 g/mol. The number of hydrogen-bond acceptors (Lipinski definition) is 1. The number of aliphatic imine (C=N–C) groups is 1. The first-order valence-corrected chi connectivity index (χ1v) is 6.74. The largest absolute Gasteiger partial charge is 0 e. The van der Waals surface area contributed by atoms with E-state index in [2.05, 4.69) is 57.8 Å². The van der Waals surface area contributed by atoms with Gasteiger partial charge in [0.1, 0.15) is 0 Å². The van der Waals surface area contributed by atoms with Gasteiger partial charge in [-0.2, -0.15) is 12.0 Å². The van der Waals surface area contributed by atoms with Crippen LogP contribution in [-0.4, -0.2) is 12.6 Å². The molecule has 0 aliphatic heterocycles. The molecule has 0 bridgehead atoms. The van der Waals surface area contributed by atoms with Crippen molar-refractivity contribution in [1.29, 1.82) is 0 Å². The van der Waals surface area contributed by atoms with Crippen LogP contribution in [0.1, 0.15) is 37.7 Å². The Morgan fingerprint density at radius 2 is 0.871 bits per heavy atom. The smallest absolute Gasteiger partial charge is 0 e. The second-order valence-electron chi connectivity index (χ2n) is 3.45. The molecule has 0 atom stereocenters. The maximum atomic E-state index is 9.62. The molecule has 1 fully saturated rings.